The van der Waals surface area contributed by atoms with Gasteiger partial charge in [-0.15, -0.1) is 0 Å². The van der Waals surface area contributed by atoms with Gasteiger partial charge < -0.3 is 14.8 Å². The highest BCUT2D eigenvalue weighted by atomic mass is 16.5. The van der Waals surface area contributed by atoms with Crippen LogP contribution in [0, 0.1) is 0 Å². The number of benzene rings is 2. The number of unbranched alkanes of at least 4 members (excludes halogenated alkanes) is 1. The summed E-state index contributed by atoms with van der Waals surface area (Å²) in [6.45, 7) is 3.68. The molecule has 5 amide bonds. The first-order valence-electron chi connectivity index (χ1n) is 11.3. The Hall–Kier alpha value is -4.21. The number of rotatable bonds is 10. The van der Waals surface area contributed by atoms with Gasteiger partial charge in [-0.25, -0.2) is 9.59 Å². The normalized spacial score (nSPS) is 12.2. The van der Waals surface area contributed by atoms with Crippen LogP contribution in [0.25, 0.3) is 0 Å². The van der Waals surface area contributed by atoms with E-state index in [1.54, 1.807) is 37.3 Å². The van der Waals surface area contributed by atoms with Crippen LogP contribution < -0.4 is 15.4 Å². The summed E-state index contributed by atoms with van der Waals surface area (Å²) in [5.74, 6) is -2.25. The zero-order valence-electron chi connectivity index (χ0n) is 19.6. The molecule has 1 heterocycles. The van der Waals surface area contributed by atoms with Crippen molar-refractivity contribution in [3.05, 3.63) is 64.7 Å². The zero-order chi connectivity index (χ0) is 25.4. The fourth-order valence-corrected chi connectivity index (χ4v) is 3.48. The number of hydrogen-bond acceptors (Lipinski definition) is 7. The topological polar surface area (TPSA) is 131 Å². The van der Waals surface area contributed by atoms with E-state index in [-0.39, 0.29) is 24.5 Å². The van der Waals surface area contributed by atoms with Gasteiger partial charge in [0.25, 0.3) is 17.7 Å². The molecule has 10 nitrogen and oxygen atoms in total. The highest BCUT2D eigenvalue weighted by Gasteiger charge is 2.35. The number of nitrogens with one attached hydrogen (secondary N) is 2. The van der Waals surface area contributed by atoms with Crippen LogP contribution in [0.1, 0.15) is 63.3 Å². The molecule has 2 N–H and O–H groups in total. The number of esters is 1. The molecule has 0 bridgehead atoms. The first-order valence-corrected chi connectivity index (χ1v) is 11.3. The number of amides is 5. The van der Waals surface area contributed by atoms with Crippen molar-refractivity contribution in [1.82, 2.24) is 15.5 Å². The van der Waals surface area contributed by atoms with Gasteiger partial charge in [0.15, 0.2) is 6.61 Å². The van der Waals surface area contributed by atoms with Gasteiger partial charge in [0.05, 0.1) is 24.3 Å². The van der Waals surface area contributed by atoms with Gasteiger partial charge in [-0.05, 0) is 43.2 Å². The average Bonchev–Trinajstić information content (AvgIpc) is 3.08. The van der Waals surface area contributed by atoms with E-state index in [0.29, 0.717) is 23.2 Å². The fraction of sp³-hybridized carbons (Fsp3) is 0.320. The molecule has 0 aromatic heterocycles. The molecule has 35 heavy (non-hydrogen) atoms. The van der Waals surface area contributed by atoms with Gasteiger partial charge in [-0.3, -0.25) is 24.6 Å². The van der Waals surface area contributed by atoms with Crippen molar-refractivity contribution >= 4 is 29.7 Å². The lowest BCUT2D eigenvalue weighted by Gasteiger charge is -2.16. The highest BCUT2D eigenvalue weighted by Crippen LogP contribution is 2.27. The Morgan fingerprint density at radius 1 is 0.971 bits per heavy atom. The first kappa shape index (κ1) is 25.4. The number of carbonyl (C=O) groups is 5. The lowest BCUT2D eigenvalue weighted by atomic mass is 10.1. The Labute approximate surface area is 202 Å². The van der Waals surface area contributed by atoms with Crippen molar-refractivity contribution < 1.29 is 33.4 Å². The number of carbonyl (C=O) groups excluding carboxylic acids is 5. The standard InChI is InChI=1S/C25H27N3O7/c1-3-5-12-26-25(33)27-21(29)15-35-24(32)19-13-16(10-11-20(19)34-4-2)14-28-22(30)17-8-6-7-9-18(17)23(28)31/h6-11,13H,3-5,12,14-15H2,1-2H3,(H2,26,27,29,33). The van der Waals surface area contributed by atoms with Gasteiger partial charge in [-0.2, -0.15) is 0 Å². The van der Waals surface area contributed by atoms with Crippen molar-refractivity contribution in [2.75, 3.05) is 19.8 Å². The second kappa shape index (κ2) is 11.8. The maximum absolute atomic E-state index is 12.7. The molecular formula is C25H27N3O7. The van der Waals surface area contributed by atoms with E-state index in [1.165, 1.54) is 12.1 Å². The molecule has 0 fully saturated rings. The molecule has 0 saturated carbocycles. The average molecular weight is 482 g/mol. The van der Waals surface area contributed by atoms with Gasteiger partial charge in [0.1, 0.15) is 11.3 Å². The minimum absolute atomic E-state index is 0.0288. The van der Waals surface area contributed by atoms with Crippen LogP contribution >= 0.6 is 0 Å². The maximum atomic E-state index is 12.7. The SMILES string of the molecule is CCCCNC(=O)NC(=O)COC(=O)c1cc(CN2C(=O)c3ccccc3C2=O)ccc1OCC. The summed E-state index contributed by atoms with van der Waals surface area (Å²) in [6.07, 6.45) is 1.66. The minimum atomic E-state index is -0.848. The number of hydrogen-bond donors (Lipinski definition) is 2. The first-order chi connectivity index (χ1) is 16.8. The summed E-state index contributed by atoms with van der Waals surface area (Å²) >= 11 is 0. The lowest BCUT2D eigenvalue weighted by Crippen LogP contribution is -2.41. The fourth-order valence-electron chi connectivity index (χ4n) is 3.48. The molecule has 3 rings (SSSR count). The summed E-state index contributed by atoms with van der Waals surface area (Å²) < 4.78 is 10.6. The summed E-state index contributed by atoms with van der Waals surface area (Å²) in [7, 11) is 0. The van der Waals surface area contributed by atoms with Crippen LogP contribution in [0.15, 0.2) is 42.5 Å². The largest absolute Gasteiger partial charge is 0.493 e. The Morgan fingerprint density at radius 2 is 1.66 bits per heavy atom. The van der Waals surface area contributed by atoms with Crippen LogP contribution in [0.4, 0.5) is 4.79 Å². The van der Waals surface area contributed by atoms with Gasteiger partial charge >= 0.3 is 12.0 Å². The van der Waals surface area contributed by atoms with Gasteiger partial charge in [0.2, 0.25) is 0 Å². The van der Waals surface area contributed by atoms with Crippen molar-refractivity contribution in [3.8, 4) is 5.75 Å². The monoisotopic (exact) mass is 481 g/mol. The predicted molar refractivity (Wildman–Crippen MR) is 125 cm³/mol. The quantitative estimate of drug-likeness (QED) is 0.303. The van der Waals surface area contributed by atoms with E-state index in [2.05, 4.69) is 10.6 Å². The van der Waals surface area contributed by atoms with E-state index in [0.717, 1.165) is 17.7 Å². The Balaban J connectivity index is 1.67. The minimum Gasteiger partial charge on any atom is -0.493 e. The lowest BCUT2D eigenvalue weighted by molar-refractivity contribution is -0.123. The summed E-state index contributed by atoms with van der Waals surface area (Å²) in [5, 5.41) is 4.61. The molecule has 1 aliphatic rings. The van der Waals surface area contributed by atoms with Crippen molar-refractivity contribution in [1.29, 1.82) is 0 Å². The van der Waals surface area contributed by atoms with Crippen molar-refractivity contribution in [3.63, 3.8) is 0 Å². The van der Waals surface area contributed by atoms with E-state index in [4.69, 9.17) is 9.47 Å². The zero-order valence-corrected chi connectivity index (χ0v) is 19.6. The smallest absolute Gasteiger partial charge is 0.342 e. The number of imide groups is 2. The predicted octanol–water partition coefficient (Wildman–Crippen LogP) is 2.66. The van der Waals surface area contributed by atoms with Crippen LogP contribution in [-0.2, 0) is 16.1 Å². The number of urea groups is 1. The molecule has 0 spiro atoms. The molecule has 1 aliphatic heterocycles. The number of ether oxygens (including phenoxy) is 2. The Kier molecular flexibility index (Phi) is 8.55. The molecular weight excluding hydrogens is 454 g/mol. The van der Waals surface area contributed by atoms with Crippen LogP contribution in [0.2, 0.25) is 0 Å². The molecule has 0 aliphatic carbocycles. The van der Waals surface area contributed by atoms with Crippen LogP contribution in [0.5, 0.6) is 5.75 Å². The second-order valence-corrected chi connectivity index (χ2v) is 7.74. The van der Waals surface area contributed by atoms with Gasteiger partial charge in [-0.1, -0.05) is 31.5 Å². The van der Waals surface area contributed by atoms with Crippen molar-refractivity contribution in [2.24, 2.45) is 0 Å². The van der Waals surface area contributed by atoms with Crippen LogP contribution in [0.3, 0.4) is 0 Å². The second-order valence-electron chi connectivity index (χ2n) is 7.74. The van der Waals surface area contributed by atoms with Crippen molar-refractivity contribution in [2.45, 2.75) is 33.2 Å². The molecule has 184 valence electrons. The van der Waals surface area contributed by atoms with E-state index in [9.17, 15) is 24.0 Å². The van der Waals surface area contributed by atoms with E-state index < -0.39 is 36.3 Å². The number of nitrogens with zero attached hydrogens (tertiary/aromatic N) is 1. The number of fused-ring (bicyclic) bond motifs is 1. The Bertz CT molecular complexity index is 1110. The molecule has 2 aromatic rings. The Morgan fingerprint density at radius 3 is 2.29 bits per heavy atom. The third-order valence-corrected chi connectivity index (χ3v) is 5.19. The highest BCUT2D eigenvalue weighted by molar-refractivity contribution is 6.21. The molecule has 0 unspecified atom stereocenters. The summed E-state index contributed by atoms with van der Waals surface area (Å²) in [5.41, 5.74) is 1.18. The summed E-state index contributed by atoms with van der Waals surface area (Å²) in [6, 6.07) is 10.5. The third kappa shape index (κ3) is 6.23. The molecule has 2 aromatic carbocycles. The van der Waals surface area contributed by atoms with Gasteiger partial charge in [0, 0.05) is 6.54 Å². The van der Waals surface area contributed by atoms with E-state index in [1.807, 2.05) is 6.92 Å². The third-order valence-electron chi connectivity index (χ3n) is 5.19. The maximum Gasteiger partial charge on any atom is 0.342 e. The molecule has 0 saturated heterocycles. The van der Waals surface area contributed by atoms with Crippen LogP contribution in [-0.4, -0.2) is 54.4 Å². The summed E-state index contributed by atoms with van der Waals surface area (Å²) in [4.78, 5) is 62.7. The van der Waals surface area contributed by atoms with E-state index >= 15 is 0 Å². The molecule has 0 atom stereocenters. The molecule has 0 radical (unpaired) electrons. The molecule has 10 heteroatoms.